The Bertz CT molecular complexity index is 701. The van der Waals surface area contributed by atoms with Crippen LogP contribution in [0.4, 0.5) is 35.1 Å². The van der Waals surface area contributed by atoms with E-state index in [9.17, 15) is 35.1 Å². The van der Waals surface area contributed by atoms with E-state index in [0.717, 1.165) is 0 Å². The summed E-state index contributed by atoms with van der Waals surface area (Å²) in [6.45, 7) is 0. The molecular weight excluding hydrogens is 312 g/mol. The molecule has 0 unspecified atom stereocenters. The maximum atomic E-state index is 13.5. The van der Waals surface area contributed by atoms with Gasteiger partial charge in [-0.15, -0.1) is 0 Å². The number of hydrogen-bond donors (Lipinski definition) is 1. The Balaban J connectivity index is 3.00. The van der Waals surface area contributed by atoms with E-state index in [1.54, 1.807) is 0 Å². The van der Waals surface area contributed by atoms with Crippen LogP contribution < -0.4 is 0 Å². The summed E-state index contributed by atoms with van der Waals surface area (Å²) in [4.78, 5) is 0. The third kappa shape index (κ3) is 2.08. The fraction of sp³-hybridized carbons (Fsp3) is 0. The van der Waals surface area contributed by atoms with Gasteiger partial charge in [0.05, 0.1) is 11.1 Å². The average molecular weight is 314 g/mol. The number of rotatable bonds is 1. The highest BCUT2D eigenvalue weighted by Gasteiger charge is 2.31. The Morgan fingerprint density at radius 2 is 0.857 bits per heavy atom. The molecule has 0 atom stereocenters. The van der Waals surface area contributed by atoms with Gasteiger partial charge in [0.1, 0.15) is 0 Å². The standard InChI is InChI=1S/C12H2F8O/c13-2-1-3(14)7(16)4(6(2)15)5-8(17)10(19)12(21)11(20)9(5)18/h1,21H. The predicted molar refractivity (Wildman–Crippen MR) is 53.2 cm³/mol. The molecule has 9 heteroatoms. The molecule has 0 fully saturated rings. The lowest BCUT2D eigenvalue weighted by atomic mass is 10.0. The second-order valence-electron chi connectivity index (χ2n) is 3.82. The number of aromatic hydroxyl groups is 1. The maximum Gasteiger partial charge on any atom is 0.204 e. The van der Waals surface area contributed by atoms with Gasteiger partial charge in [-0.05, 0) is 0 Å². The van der Waals surface area contributed by atoms with E-state index in [2.05, 4.69) is 0 Å². The molecule has 0 radical (unpaired) electrons. The van der Waals surface area contributed by atoms with Crippen LogP contribution in [0.2, 0.25) is 0 Å². The van der Waals surface area contributed by atoms with Crippen LogP contribution in [-0.2, 0) is 0 Å². The maximum absolute atomic E-state index is 13.5. The number of phenols is 1. The fourth-order valence-electron chi connectivity index (χ4n) is 1.63. The smallest absolute Gasteiger partial charge is 0.204 e. The van der Waals surface area contributed by atoms with Crippen molar-refractivity contribution in [3.8, 4) is 16.9 Å². The molecule has 1 N–H and O–H groups in total. The molecule has 0 bridgehead atoms. The van der Waals surface area contributed by atoms with E-state index in [-0.39, 0.29) is 6.07 Å². The number of phenolic OH excluding ortho intramolecular Hbond substituents is 1. The lowest BCUT2D eigenvalue weighted by molar-refractivity contribution is 0.357. The summed E-state index contributed by atoms with van der Waals surface area (Å²) < 4.78 is 106. The van der Waals surface area contributed by atoms with Gasteiger partial charge in [0, 0.05) is 6.07 Å². The third-order valence-electron chi connectivity index (χ3n) is 2.60. The monoisotopic (exact) mass is 314 g/mol. The zero-order chi connectivity index (χ0) is 16.1. The van der Waals surface area contributed by atoms with E-state index < -0.39 is 63.4 Å². The van der Waals surface area contributed by atoms with Gasteiger partial charge >= 0.3 is 0 Å². The molecule has 0 heterocycles. The molecule has 2 aromatic carbocycles. The Morgan fingerprint density at radius 3 is 1.24 bits per heavy atom. The van der Waals surface area contributed by atoms with Crippen molar-refractivity contribution in [2.75, 3.05) is 0 Å². The molecule has 0 spiro atoms. The van der Waals surface area contributed by atoms with Crippen molar-refractivity contribution in [1.29, 1.82) is 0 Å². The molecule has 112 valence electrons. The number of benzene rings is 2. The molecule has 0 aliphatic carbocycles. The molecule has 0 saturated heterocycles. The Labute approximate surface area is 111 Å². The second-order valence-corrected chi connectivity index (χ2v) is 3.82. The topological polar surface area (TPSA) is 20.2 Å². The van der Waals surface area contributed by atoms with Crippen LogP contribution in [-0.4, -0.2) is 5.11 Å². The summed E-state index contributed by atoms with van der Waals surface area (Å²) in [5, 5.41) is 8.72. The van der Waals surface area contributed by atoms with Crippen molar-refractivity contribution in [2.24, 2.45) is 0 Å². The van der Waals surface area contributed by atoms with E-state index >= 15 is 0 Å². The first kappa shape index (κ1) is 15.1. The Kier molecular flexibility index (Phi) is 3.52. The van der Waals surface area contributed by atoms with Crippen LogP contribution in [0.3, 0.4) is 0 Å². The fourth-order valence-corrected chi connectivity index (χ4v) is 1.63. The summed E-state index contributed by atoms with van der Waals surface area (Å²) in [7, 11) is 0. The summed E-state index contributed by atoms with van der Waals surface area (Å²) in [6.07, 6.45) is 0. The van der Waals surface area contributed by atoms with Crippen LogP contribution in [0, 0.1) is 46.5 Å². The molecule has 0 saturated carbocycles. The molecule has 0 aliphatic heterocycles. The predicted octanol–water partition coefficient (Wildman–Crippen LogP) is 4.17. The second kappa shape index (κ2) is 4.90. The summed E-state index contributed by atoms with van der Waals surface area (Å²) in [5.74, 6) is -20.2. The zero-order valence-corrected chi connectivity index (χ0v) is 9.55. The molecule has 2 aromatic rings. The number of hydrogen-bond acceptors (Lipinski definition) is 1. The van der Waals surface area contributed by atoms with Gasteiger partial charge in [-0.1, -0.05) is 0 Å². The normalized spacial score (nSPS) is 11.0. The van der Waals surface area contributed by atoms with E-state index in [1.807, 2.05) is 0 Å². The quantitative estimate of drug-likeness (QED) is 0.619. The zero-order valence-electron chi connectivity index (χ0n) is 9.55. The first-order valence-electron chi connectivity index (χ1n) is 5.06. The molecule has 0 amide bonds. The van der Waals surface area contributed by atoms with Crippen molar-refractivity contribution in [3.63, 3.8) is 0 Å². The van der Waals surface area contributed by atoms with Crippen LogP contribution in [0.15, 0.2) is 6.07 Å². The van der Waals surface area contributed by atoms with Crippen molar-refractivity contribution < 1.29 is 40.2 Å². The van der Waals surface area contributed by atoms with Gasteiger partial charge in [0.2, 0.25) is 11.6 Å². The van der Waals surface area contributed by atoms with Crippen LogP contribution in [0.5, 0.6) is 5.75 Å². The highest BCUT2D eigenvalue weighted by Crippen LogP contribution is 2.38. The molecule has 0 aliphatic rings. The van der Waals surface area contributed by atoms with Crippen LogP contribution >= 0.6 is 0 Å². The van der Waals surface area contributed by atoms with Crippen molar-refractivity contribution in [1.82, 2.24) is 0 Å². The van der Waals surface area contributed by atoms with Gasteiger partial charge in [-0.2, -0.15) is 8.78 Å². The minimum Gasteiger partial charge on any atom is -0.503 e. The number of halogens is 8. The van der Waals surface area contributed by atoms with Gasteiger partial charge in [-0.25, -0.2) is 26.3 Å². The summed E-state index contributed by atoms with van der Waals surface area (Å²) >= 11 is 0. The van der Waals surface area contributed by atoms with Crippen molar-refractivity contribution in [2.45, 2.75) is 0 Å². The van der Waals surface area contributed by atoms with Crippen molar-refractivity contribution in [3.05, 3.63) is 52.6 Å². The van der Waals surface area contributed by atoms with Crippen molar-refractivity contribution >= 4 is 0 Å². The van der Waals surface area contributed by atoms with E-state index in [4.69, 9.17) is 5.11 Å². The Morgan fingerprint density at radius 1 is 0.524 bits per heavy atom. The third-order valence-corrected chi connectivity index (χ3v) is 2.60. The first-order valence-corrected chi connectivity index (χ1v) is 5.06. The summed E-state index contributed by atoms with van der Waals surface area (Å²) in [5.41, 5.74) is -3.99. The highest BCUT2D eigenvalue weighted by atomic mass is 19.2. The molecular formula is C12H2F8O. The van der Waals surface area contributed by atoms with Gasteiger partial charge in [0.15, 0.2) is 40.7 Å². The van der Waals surface area contributed by atoms with Gasteiger partial charge < -0.3 is 5.11 Å². The van der Waals surface area contributed by atoms with E-state index in [0.29, 0.717) is 0 Å². The lowest BCUT2D eigenvalue weighted by Crippen LogP contribution is -2.06. The molecule has 1 nitrogen and oxygen atoms in total. The first-order chi connectivity index (χ1) is 9.68. The van der Waals surface area contributed by atoms with E-state index in [1.165, 1.54) is 0 Å². The largest absolute Gasteiger partial charge is 0.503 e. The summed E-state index contributed by atoms with van der Waals surface area (Å²) in [6, 6.07) is -0.253. The minimum atomic E-state index is -2.41. The average Bonchev–Trinajstić information content (AvgIpc) is 2.44. The van der Waals surface area contributed by atoms with Gasteiger partial charge in [-0.3, -0.25) is 0 Å². The van der Waals surface area contributed by atoms with Crippen LogP contribution in [0.25, 0.3) is 11.1 Å². The minimum absolute atomic E-state index is 0.253. The SMILES string of the molecule is Oc1c(F)c(F)c(-c2c(F)c(F)cc(F)c2F)c(F)c1F. The molecule has 2 rings (SSSR count). The molecule has 0 aromatic heterocycles. The molecule has 21 heavy (non-hydrogen) atoms. The lowest BCUT2D eigenvalue weighted by Gasteiger charge is -2.11. The Hall–Kier alpha value is -2.32. The van der Waals surface area contributed by atoms with Gasteiger partial charge in [0.25, 0.3) is 0 Å². The van der Waals surface area contributed by atoms with Crippen LogP contribution in [0.1, 0.15) is 0 Å². The highest BCUT2D eigenvalue weighted by molar-refractivity contribution is 5.68.